The number of benzene rings is 1. The lowest BCUT2D eigenvalue weighted by molar-refractivity contribution is -0.145. The van der Waals surface area contributed by atoms with Crippen LogP contribution in [0.25, 0.3) is 0 Å². The van der Waals surface area contributed by atoms with E-state index in [0.717, 1.165) is 5.56 Å². The zero-order chi connectivity index (χ0) is 26.8. The second-order valence-corrected chi connectivity index (χ2v) is 9.19. The number of carboxylic acid groups (broad SMARTS) is 2. The molecule has 6 N–H and O–H groups in total. The van der Waals surface area contributed by atoms with Crippen molar-refractivity contribution in [2.45, 2.75) is 76.5 Å². The molecule has 0 radical (unpaired) electrons. The van der Waals surface area contributed by atoms with Gasteiger partial charge in [0.05, 0.1) is 6.04 Å². The molecule has 0 spiro atoms. The van der Waals surface area contributed by atoms with Crippen molar-refractivity contribution in [3.8, 4) is 0 Å². The molecular formula is C25H36N4O7. The van der Waals surface area contributed by atoms with Gasteiger partial charge >= 0.3 is 11.9 Å². The minimum atomic E-state index is -1.18. The van der Waals surface area contributed by atoms with Crippen molar-refractivity contribution in [2.24, 2.45) is 11.7 Å². The molecule has 1 aromatic carbocycles. The first-order valence-corrected chi connectivity index (χ1v) is 12.2. The minimum absolute atomic E-state index is 0.0741. The number of nitrogens with zero attached hydrogens (tertiary/aromatic N) is 1. The van der Waals surface area contributed by atoms with Gasteiger partial charge in [0, 0.05) is 19.4 Å². The quantitative estimate of drug-likeness (QED) is 0.258. The molecule has 5 unspecified atom stereocenters. The molecular weight excluding hydrogens is 468 g/mol. The first kappa shape index (κ1) is 28.8. The van der Waals surface area contributed by atoms with Crippen LogP contribution in [0.3, 0.4) is 0 Å². The zero-order valence-corrected chi connectivity index (χ0v) is 20.7. The maximum absolute atomic E-state index is 13.5. The molecule has 0 aliphatic carbocycles. The Bertz CT molecular complexity index is 940. The largest absolute Gasteiger partial charge is 0.481 e. The van der Waals surface area contributed by atoms with Gasteiger partial charge in [-0.25, -0.2) is 4.79 Å². The summed E-state index contributed by atoms with van der Waals surface area (Å²) in [7, 11) is 0. The van der Waals surface area contributed by atoms with Crippen LogP contribution in [0.1, 0.15) is 51.5 Å². The highest BCUT2D eigenvalue weighted by Gasteiger charge is 2.40. The van der Waals surface area contributed by atoms with E-state index in [9.17, 15) is 29.1 Å². The lowest BCUT2D eigenvalue weighted by atomic mass is 9.96. The maximum Gasteiger partial charge on any atom is 0.326 e. The van der Waals surface area contributed by atoms with Crippen molar-refractivity contribution in [1.82, 2.24) is 15.5 Å². The highest BCUT2D eigenvalue weighted by Crippen LogP contribution is 2.22. The first-order chi connectivity index (χ1) is 17.0. The van der Waals surface area contributed by atoms with E-state index in [4.69, 9.17) is 10.8 Å². The molecule has 1 heterocycles. The van der Waals surface area contributed by atoms with Gasteiger partial charge in [-0.2, -0.15) is 0 Å². The Morgan fingerprint density at radius 2 is 1.78 bits per heavy atom. The van der Waals surface area contributed by atoms with Crippen LogP contribution >= 0.6 is 0 Å². The average molecular weight is 505 g/mol. The second kappa shape index (κ2) is 13.6. The summed E-state index contributed by atoms with van der Waals surface area (Å²) < 4.78 is 0. The van der Waals surface area contributed by atoms with E-state index in [-0.39, 0.29) is 25.2 Å². The van der Waals surface area contributed by atoms with Crippen LogP contribution in [-0.2, 0) is 30.4 Å². The van der Waals surface area contributed by atoms with Gasteiger partial charge in [0.25, 0.3) is 0 Å². The second-order valence-electron chi connectivity index (χ2n) is 9.19. The van der Waals surface area contributed by atoms with Crippen LogP contribution in [0.5, 0.6) is 0 Å². The molecule has 36 heavy (non-hydrogen) atoms. The van der Waals surface area contributed by atoms with Gasteiger partial charge in [-0.1, -0.05) is 50.6 Å². The van der Waals surface area contributed by atoms with Crippen molar-refractivity contribution in [2.75, 3.05) is 6.54 Å². The molecule has 198 valence electrons. The summed E-state index contributed by atoms with van der Waals surface area (Å²) in [6.45, 7) is 3.94. The van der Waals surface area contributed by atoms with Gasteiger partial charge in [-0.3, -0.25) is 19.2 Å². The standard InChI is InChI=1S/C25H36N4O7/c1-3-15(2)21(28-22(32)17(26)11-12-20(30)31)24(34)29-13-7-10-19(29)23(33)27-18(25(35)36)14-16-8-5-4-6-9-16/h4-6,8-9,15,17-19,21H,3,7,10-14,26H2,1-2H3,(H,27,33)(H,28,32)(H,30,31)(H,35,36). The Hall–Kier alpha value is -3.47. The Balaban J connectivity index is 2.12. The van der Waals surface area contributed by atoms with Gasteiger partial charge in [0.2, 0.25) is 17.7 Å². The van der Waals surface area contributed by atoms with Crippen molar-refractivity contribution in [3.05, 3.63) is 35.9 Å². The molecule has 1 aliphatic heterocycles. The monoisotopic (exact) mass is 504 g/mol. The van der Waals surface area contributed by atoms with Gasteiger partial charge < -0.3 is 31.5 Å². The molecule has 0 saturated carbocycles. The fourth-order valence-electron chi connectivity index (χ4n) is 4.15. The van der Waals surface area contributed by atoms with Crippen LogP contribution in [0.2, 0.25) is 0 Å². The summed E-state index contributed by atoms with van der Waals surface area (Å²) in [5, 5.41) is 23.7. The normalized spacial score (nSPS) is 18.5. The number of rotatable bonds is 13. The molecule has 1 aliphatic rings. The maximum atomic E-state index is 13.5. The average Bonchev–Trinajstić information content (AvgIpc) is 3.35. The summed E-state index contributed by atoms with van der Waals surface area (Å²) in [5.74, 6) is -4.17. The molecule has 11 nitrogen and oxygen atoms in total. The topological polar surface area (TPSA) is 179 Å². The van der Waals surface area contributed by atoms with Crippen LogP contribution in [-0.4, -0.2) is 75.5 Å². The Labute approximate surface area is 210 Å². The summed E-state index contributed by atoms with van der Waals surface area (Å²) in [5.41, 5.74) is 6.56. The van der Waals surface area contributed by atoms with Gasteiger partial charge in [0.15, 0.2) is 0 Å². The van der Waals surface area contributed by atoms with E-state index in [1.54, 1.807) is 31.2 Å². The van der Waals surface area contributed by atoms with Crippen LogP contribution in [0.15, 0.2) is 30.3 Å². The van der Waals surface area contributed by atoms with E-state index in [2.05, 4.69) is 10.6 Å². The van der Waals surface area contributed by atoms with E-state index >= 15 is 0 Å². The van der Waals surface area contributed by atoms with Crippen molar-refractivity contribution in [3.63, 3.8) is 0 Å². The van der Waals surface area contributed by atoms with Crippen molar-refractivity contribution >= 4 is 29.7 Å². The fourth-order valence-corrected chi connectivity index (χ4v) is 4.15. The third-order valence-electron chi connectivity index (χ3n) is 6.52. The minimum Gasteiger partial charge on any atom is -0.481 e. The van der Waals surface area contributed by atoms with Crippen LogP contribution in [0, 0.1) is 5.92 Å². The summed E-state index contributed by atoms with van der Waals surface area (Å²) in [6, 6.07) is 4.86. The lowest BCUT2D eigenvalue weighted by Gasteiger charge is -2.32. The molecule has 0 bridgehead atoms. The number of carbonyl (C=O) groups excluding carboxylic acids is 3. The number of likely N-dealkylation sites (tertiary alicyclic amines) is 1. The predicted octanol–water partition coefficient (Wildman–Crippen LogP) is 0.513. The number of amides is 3. The van der Waals surface area contributed by atoms with E-state index in [0.29, 0.717) is 25.8 Å². The number of hydrogen-bond acceptors (Lipinski definition) is 6. The van der Waals surface area contributed by atoms with E-state index in [1.165, 1.54) is 4.90 Å². The van der Waals surface area contributed by atoms with Crippen molar-refractivity contribution in [1.29, 1.82) is 0 Å². The Morgan fingerprint density at radius 1 is 1.11 bits per heavy atom. The van der Waals surface area contributed by atoms with E-state index in [1.807, 2.05) is 13.0 Å². The van der Waals surface area contributed by atoms with Gasteiger partial charge in [-0.15, -0.1) is 0 Å². The number of nitrogens with one attached hydrogen (secondary N) is 2. The molecule has 1 aromatic rings. The number of hydrogen-bond donors (Lipinski definition) is 5. The summed E-state index contributed by atoms with van der Waals surface area (Å²) in [6.07, 6.45) is 1.23. The Morgan fingerprint density at radius 3 is 2.36 bits per heavy atom. The summed E-state index contributed by atoms with van der Waals surface area (Å²) in [4.78, 5) is 63.1. The summed E-state index contributed by atoms with van der Waals surface area (Å²) >= 11 is 0. The van der Waals surface area contributed by atoms with Crippen LogP contribution < -0.4 is 16.4 Å². The molecule has 3 amide bonds. The van der Waals surface area contributed by atoms with Gasteiger partial charge in [0.1, 0.15) is 18.1 Å². The SMILES string of the molecule is CCC(C)C(NC(=O)C(N)CCC(=O)O)C(=O)N1CCCC1C(=O)NC(Cc1ccccc1)C(=O)O. The lowest BCUT2D eigenvalue weighted by Crippen LogP contribution is -2.58. The Kier molecular flexibility index (Phi) is 10.8. The zero-order valence-electron chi connectivity index (χ0n) is 20.7. The number of nitrogens with two attached hydrogens (primary N) is 1. The highest BCUT2D eigenvalue weighted by atomic mass is 16.4. The third kappa shape index (κ3) is 8.04. The number of carbonyl (C=O) groups is 5. The van der Waals surface area contributed by atoms with Crippen molar-refractivity contribution < 1.29 is 34.2 Å². The molecule has 11 heteroatoms. The van der Waals surface area contributed by atoms with Crippen LogP contribution in [0.4, 0.5) is 0 Å². The number of carboxylic acids is 2. The highest BCUT2D eigenvalue weighted by molar-refractivity contribution is 5.94. The molecule has 5 atom stereocenters. The molecule has 1 saturated heterocycles. The smallest absolute Gasteiger partial charge is 0.326 e. The first-order valence-electron chi connectivity index (χ1n) is 12.2. The fraction of sp³-hybridized carbons (Fsp3) is 0.560. The molecule has 2 rings (SSSR count). The third-order valence-corrected chi connectivity index (χ3v) is 6.52. The number of aliphatic carboxylic acids is 2. The molecule has 0 aromatic heterocycles. The van der Waals surface area contributed by atoms with Gasteiger partial charge in [-0.05, 0) is 30.7 Å². The molecule has 1 fully saturated rings. The predicted molar refractivity (Wildman–Crippen MR) is 131 cm³/mol. The van der Waals surface area contributed by atoms with E-state index < -0.39 is 53.8 Å².